The van der Waals surface area contributed by atoms with E-state index >= 15 is 0 Å². The summed E-state index contributed by atoms with van der Waals surface area (Å²) >= 11 is 12.4. The van der Waals surface area contributed by atoms with Gasteiger partial charge in [0, 0.05) is 22.0 Å². The normalized spacial score (nSPS) is 30.2. The standard InChI is InChI=1S/C19H20Cl2N5O6P/c20-9-1-2-11(21)10(5-9)12-3-4-29-33(32-12)30-6-13-15(27)16(28)19(31-13)26-8-25-14-17(22)23-7-24-18(14)26/h1-2,5,7-8,12-13,15-16,19,27-28H,3-4,6H2,(H2,22,23,24)/t12-,13+,15+,16+,19+,33+/m0/s1. The molecule has 2 aliphatic rings. The molecule has 0 amide bonds. The van der Waals surface area contributed by atoms with E-state index in [4.69, 9.17) is 47.2 Å². The number of hydrogen-bond acceptors (Lipinski definition) is 10. The van der Waals surface area contributed by atoms with E-state index in [0.717, 1.165) is 5.56 Å². The second-order valence-corrected chi connectivity index (χ2v) is 9.55. The third-order valence-corrected chi connectivity index (χ3v) is 7.20. The summed E-state index contributed by atoms with van der Waals surface area (Å²) in [7, 11) is -1.73. The van der Waals surface area contributed by atoms with Gasteiger partial charge in [0.05, 0.1) is 25.6 Å². The molecule has 0 saturated carbocycles. The van der Waals surface area contributed by atoms with Crippen LogP contribution in [0.1, 0.15) is 24.3 Å². The third-order valence-electron chi connectivity index (χ3n) is 5.44. The molecule has 4 heterocycles. The Morgan fingerprint density at radius 1 is 1.21 bits per heavy atom. The largest absolute Gasteiger partial charge is 0.387 e. The number of rotatable bonds is 5. The van der Waals surface area contributed by atoms with Crippen LogP contribution in [0.25, 0.3) is 11.2 Å². The summed E-state index contributed by atoms with van der Waals surface area (Å²) in [6.45, 7) is 0.334. The van der Waals surface area contributed by atoms with Crippen LogP contribution in [0.2, 0.25) is 10.0 Å². The van der Waals surface area contributed by atoms with E-state index in [2.05, 4.69) is 15.0 Å². The lowest BCUT2D eigenvalue weighted by molar-refractivity contribution is -0.0529. The molecule has 4 N–H and O–H groups in total. The molecule has 0 bridgehead atoms. The molecule has 176 valence electrons. The van der Waals surface area contributed by atoms with Crippen LogP contribution in [-0.2, 0) is 18.3 Å². The smallest absolute Gasteiger partial charge is 0.333 e. The molecular weight excluding hydrogens is 496 g/mol. The van der Waals surface area contributed by atoms with Crippen molar-refractivity contribution in [3.63, 3.8) is 0 Å². The molecule has 33 heavy (non-hydrogen) atoms. The molecule has 6 atom stereocenters. The number of nitrogens with zero attached hydrogens (tertiary/aromatic N) is 4. The summed E-state index contributed by atoms with van der Waals surface area (Å²) in [6.07, 6.45) is -1.28. The third kappa shape index (κ3) is 4.53. The summed E-state index contributed by atoms with van der Waals surface area (Å²) in [4.78, 5) is 12.2. The predicted octanol–water partition coefficient (Wildman–Crippen LogP) is 2.76. The molecule has 5 rings (SSSR count). The molecule has 0 unspecified atom stereocenters. The van der Waals surface area contributed by atoms with E-state index in [1.165, 1.54) is 17.2 Å². The molecule has 14 heteroatoms. The van der Waals surface area contributed by atoms with Gasteiger partial charge in [-0.05, 0) is 18.2 Å². The molecule has 0 radical (unpaired) electrons. The molecule has 1 aromatic carbocycles. The number of ether oxygens (including phenoxy) is 1. The molecule has 2 aromatic heterocycles. The first-order valence-electron chi connectivity index (χ1n) is 10.0. The topological polar surface area (TPSA) is 147 Å². The minimum atomic E-state index is -1.73. The number of anilines is 1. The molecule has 0 aliphatic carbocycles. The van der Waals surface area contributed by atoms with Crippen molar-refractivity contribution in [2.75, 3.05) is 18.9 Å². The van der Waals surface area contributed by atoms with Crippen molar-refractivity contribution in [3.8, 4) is 0 Å². The quantitative estimate of drug-likeness (QED) is 0.433. The van der Waals surface area contributed by atoms with Gasteiger partial charge >= 0.3 is 8.60 Å². The first kappa shape index (κ1) is 23.1. The van der Waals surface area contributed by atoms with E-state index in [1.807, 2.05) is 0 Å². The maximum atomic E-state index is 10.6. The number of benzene rings is 1. The van der Waals surface area contributed by atoms with Gasteiger partial charge in [0.1, 0.15) is 30.2 Å². The van der Waals surface area contributed by atoms with Crippen molar-refractivity contribution in [3.05, 3.63) is 46.5 Å². The molecule has 3 aromatic rings. The van der Waals surface area contributed by atoms with Crippen molar-refractivity contribution in [1.29, 1.82) is 0 Å². The minimum Gasteiger partial charge on any atom is -0.387 e. The van der Waals surface area contributed by atoms with Gasteiger partial charge in [-0.15, -0.1) is 0 Å². The zero-order valence-electron chi connectivity index (χ0n) is 17.0. The van der Waals surface area contributed by atoms with E-state index in [1.54, 1.807) is 18.2 Å². The Morgan fingerprint density at radius 2 is 2.06 bits per heavy atom. The fraction of sp³-hybridized carbons (Fsp3) is 0.421. The van der Waals surface area contributed by atoms with Gasteiger partial charge in [-0.2, -0.15) is 0 Å². The van der Waals surface area contributed by atoms with Gasteiger partial charge in [0.25, 0.3) is 0 Å². The van der Waals surface area contributed by atoms with E-state index in [-0.39, 0.29) is 18.5 Å². The molecule has 2 saturated heterocycles. The van der Waals surface area contributed by atoms with Gasteiger partial charge in [-0.1, -0.05) is 23.2 Å². The molecular formula is C19H20Cl2N5O6P. The predicted molar refractivity (Wildman–Crippen MR) is 119 cm³/mol. The zero-order chi connectivity index (χ0) is 23.1. The Bertz CT molecular complexity index is 1160. The van der Waals surface area contributed by atoms with Crippen LogP contribution in [-0.4, -0.2) is 61.3 Å². The van der Waals surface area contributed by atoms with E-state index < -0.39 is 33.1 Å². The van der Waals surface area contributed by atoms with Crippen molar-refractivity contribution in [2.24, 2.45) is 0 Å². The molecule has 2 aliphatic heterocycles. The van der Waals surface area contributed by atoms with Crippen molar-refractivity contribution in [2.45, 2.75) is 37.1 Å². The van der Waals surface area contributed by atoms with Gasteiger partial charge in [0.2, 0.25) is 0 Å². The van der Waals surface area contributed by atoms with Gasteiger partial charge in [-0.25, -0.2) is 15.0 Å². The van der Waals surface area contributed by atoms with Gasteiger partial charge < -0.3 is 34.3 Å². The van der Waals surface area contributed by atoms with Crippen LogP contribution in [0.3, 0.4) is 0 Å². The van der Waals surface area contributed by atoms with Crippen LogP contribution in [0.15, 0.2) is 30.9 Å². The number of halogens is 2. The maximum Gasteiger partial charge on any atom is 0.333 e. The molecule has 0 spiro atoms. The van der Waals surface area contributed by atoms with Crippen LogP contribution < -0.4 is 5.73 Å². The zero-order valence-corrected chi connectivity index (χ0v) is 19.4. The monoisotopic (exact) mass is 515 g/mol. The number of imidazole rings is 1. The van der Waals surface area contributed by atoms with Gasteiger partial charge in [0.15, 0.2) is 17.7 Å². The highest BCUT2D eigenvalue weighted by molar-refractivity contribution is 7.41. The Kier molecular flexibility index (Phi) is 6.67. The Morgan fingerprint density at radius 3 is 2.91 bits per heavy atom. The summed E-state index contributed by atoms with van der Waals surface area (Å²) in [6, 6.07) is 5.17. The van der Waals surface area contributed by atoms with E-state index in [0.29, 0.717) is 34.2 Å². The summed E-state index contributed by atoms with van der Waals surface area (Å²) in [5.74, 6) is 0.204. The van der Waals surface area contributed by atoms with E-state index in [9.17, 15) is 10.2 Å². The fourth-order valence-electron chi connectivity index (χ4n) is 3.75. The lowest BCUT2D eigenvalue weighted by Gasteiger charge is -2.29. The highest BCUT2D eigenvalue weighted by Gasteiger charge is 2.45. The van der Waals surface area contributed by atoms with Crippen LogP contribution >= 0.6 is 31.8 Å². The maximum absolute atomic E-state index is 10.6. The number of fused-ring (bicyclic) bond motifs is 1. The average molecular weight is 516 g/mol. The Hall–Kier alpha value is -1.66. The first-order chi connectivity index (χ1) is 15.9. The van der Waals surface area contributed by atoms with Gasteiger partial charge in [-0.3, -0.25) is 4.57 Å². The van der Waals surface area contributed by atoms with Crippen LogP contribution in [0.4, 0.5) is 5.82 Å². The first-order valence-corrected chi connectivity index (χ1v) is 11.9. The highest BCUT2D eigenvalue weighted by Crippen LogP contribution is 2.51. The summed E-state index contributed by atoms with van der Waals surface area (Å²) in [5, 5.41) is 22.2. The minimum absolute atomic E-state index is 0.0693. The number of aliphatic hydroxyl groups excluding tert-OH is 2. The highest BCUT2D eigenvalue weighted by atomic mass is 35.5. The second-order valence-electron chi connectivity index (χ2n) is 7.53. The van der Waals surface area contributed by atoms with Crippen LogP contribution in [0, 0.1) is 0 Å². The fourth-order valence-corrected chi connectivity index (χ4v) is 5.32. The van der Waals surface area contributed by atoms with Crippen molar-refractivity contribution in [1.82, 2.24) is 19.5 Å². The lowest BCUT2D eigenvalue weighted by atomic mass is 10.1. The van der Waals surface area contributed by atoms with Crippen molar-refractivity contribution < 1.29 is 28.5 Å². The molecule has 2 fully saturated rings. The Labute approximate surface area is 199 Å². The second kappa shape index (κ2) is 9.53. The lowest BCUT2D eigenvalue weighted by Crippen LogP contribution is -2.33. The summed E-state index contributed by atoms with van der Waals surface area (Å²) in [5.41, 5.74) is 7.33. The number of nitrogen functional groups attached to an aromatic ring is 1. The number of aromatic nitrogens is 4. The number of nitrogens with two attached hydrogens (primary N) is 1. The van der Waals surface area contributed by atoms with Crippen LogP contribution in [0.5, 0.6) is 0 Å². The SMILES string of the molecule is Nc1ncnc2c1ncn2[C@@H]1O[C@H](CO[P@@]2OCC[C@@H](c3cc(Cl)ccc3Cl)O2)[C@@H](O)[C@H]1O. The average Bonchev–Trinajstić information content (AvgIpc) is 3.36. The van der Waals surface area contributed by atoms with Crippen molar-refractivity contribution >= 4 is 48.8 Å². The molecule has 11 nitrogen and oxygen atoms in total. The number of aliphatic hydroxyl groups is 2. The number of hydrogen-bond donors (Lipinski definition) is 3. The summed E-state index contributed by atoms with van der Waals surface area (Å²) < 4.78 is 24.6. The Balaban J connectivity index is 1.24.